The second kappa shape index (κ2) is 8.48. The van der Waals surface area contributed by atoms with Crippen molar-refractivity contribution in [2.45, 2.75) is 12.8 Å². The van der Waals surface area contributed by atoms with Gasteiger partial charge in [-0.15, -0.1) is 0 Å². The number of carbonyl (C=O) groups is 1. The smallest absolute Gasteiger partial charge is 0.224 e. The molecule has 1 aliphatic rings. The zero-order chi connectivity index (χ0) is 15.8. The molecule has 22 heavy (non-hydrogen) atoms. The van der Waals surface area contributed by atoms with Gasteiger partial charge in [-0.1, -0.05) is 0 Å². The van der Waals surface area contributed by atoms with E-state index in [2.05, 4.69) is 10.6 Å². The highest BCUT2D eigenvalue weighted by Crippen LogP contribution is 2.27. The molecule has 1 heterocycles. The van der Waals surface area contributed by atoms with Crippen molar-refractivity contribution in [3.8, 4) is 17.2 Å². The third kappa shape index (κ3) is 4.80. The van der Waals surface area contributed by atoms with Crippen LogP contribution in [0.25, 0.3) is 0 Å². The minimum atomic E-state index is 0.0747. The van der Waals surface area contributed by atoms with Gasteiger partial charge in [-0.05, 0) is 19.4 Å². The molecule has 2 N–H and O–H groups in total. The van der Waals surface area contributed by atoms with E-state index in [0.29, 0.717) is 30.4 Å². The van der Waals surface area contributed by atoms with Crippen molar-refractivity contribution in [3.63, 3.8) is 0 Å². The number of ether oxygens (including phenoxy) is 3. The molecule has 0 aromatic heterocycles. The maximum atomic E-state index is 12.0. The number of benzene rings is 1. The first-order valence-corrected chi connectivity index (χ1v) is 7.57. The number of carbonyl (C=O) groups excluding carboxylic acids is 1. The van der Waals surface area contributed by atoms with Crippen molar-refractivity contribution >= 4 is 5.91 Å². The van der Waals surface area contributed by atoms with Gasteiger partial charge in [0, 0.05) is 24.7 Å². The van der Waals surface area contributed by atoms with E-state index in [1.54, 1.807) is 32.4 Å². The van der Waals surface area contributed by atoms with E-state index < -0.39 is 0 Å². The van der Waals surface area contributed by atoms with E-state index in [4.69, 9.17) is 14.2 Å². The predicted octanol–water partition coefficient (Wildman–Crippen LogP) is 1.20. The lowest BCUT2D eigenvalue weighted by Crippen LogP contribution is -2.41. The normalized spacial score (nSPS) is 17.6. The molecule has 0 spiro atoms. The fourth-order valence-corrected chi connectivity index (χ4v) is 2.43. The lowest BCUT2D eigenvalue weighted by Gasteiger charge is -2.21. The maximum absolute atomic E-state index is 12.0. The van der Waals surface area contributed by atoms with Gasteiger partial charge >= 0.3 is 0 Å². The van der Waals surface area contributed by atoms with Gasteiger partial charge in [-0.3, -0.25) is 4.79 Å². The first-order chi connectivity index (χ1) is 10.7. The fraction of sp³-hybridized carbons (Fsp3) is 0.562. The van der Waals surface area contributed by atoms with Crippen molar-refractivity contribution in [3.05, 3.63) is 18.2 Å². The highest BCUT2D eigenvalue weighted by molar-refractivity contribution is 5.78. The summed E-state index contributed by atoms with van der Waals surface area (Å²) in [4.78, 5) is 12.0. The molecule has 0 aliphatic carbocycles. The molecular formula is C16H24N2O4. The number of amides is 1. The van der Waals surface area contributed by atoms with Gasteiger partial charge in [-0.25, -0.2) is 0 Å². The summed E-state index contributed by atoms with van der Waals surface area (Å²) in [6.45, 7) is 2.65. The summed E-state index contributed by atoms with van der Waals surface area (Å²) in [5, 5.41) is 6.15. The Morgan fingerprint density at radius 2 is 1.91 bits per heavy atom. The van der Waals surface area contributed by atoms with Crippen molar-refractivity contribution in [1.82, 2.24) is 10.6 Å². The Hall–Kier alpha value is -1.95. The van der Waals surface area contributed by atoms with E-state index in [0.717, 1.165) is 25.9 Å². The number of rotatable bonds is 7. The van der Waals surface area contributed by atoms with Crippen LogP contribution in [-0.2, 0) is 4.79 Å². The minimum Gasteiger partial charge on any atom is -0.496 e. The van der Waals surface area contributed by atoms with Crippen LogP contribution in [0, 0.1) is 5.92 Å². The summed E-state index contributed by atoms with van der Waals surface area (Å²) in [5.74, 6) is 2.17. The quantitative estimate of drug-likeness (QED) is 0.741. The van der Waals surface area contributed by atoms with Crippen LogP contribution >= 0.6 is 0 Å². The van der Waals surface area contributed by atoms with Crippen LogP contribution in [0.1, 0.15) is 12.8 Å². The summed E-state index contributed by atoms with van der Waals surface area (Å²) in [6, 6.07) is 5.36. The zero-order valence-corrected chi connectivity index (χ0v) is 13.2. The van der Waals surface area contributed by atoms with Gasteiger partial charge in [0.25, 0.3) is 0 Å². The zero-order valence-electron chi connectivity index (χ0n) is 13.2. The SMILES string of the molecule is COc1cc(OC)cc(OCCNC(=O)C2CCCNC2)c1. The third-order valence-corrected chi connectivity index (χ3v) is 3.66. The molecule has 1 aliphatic heterocycles. The van der Waals surface area contributed by atoms with Gasteiger partial charge in [0.05, 0.1) is 26.7 Å². The summed E-state index contributed by atoms with van der Waals surface area (Å²) in [6.07, 6.45) is 2.00. The number of piperidine rings is 1. The molecule has 6 nitrogen and oxygen atoms in total. The molecule has 2 rings (SSSR count). The first-order valence-electron chi connectivity index (χ1n) is 7.57. The molecule has 1 atom stereocenters. The lowest BCUT2D eigenvalue weighted by atomic mass is 9.99. The molecule has 1 amide bonds. The van der Waals surface area contributed by atoms with Crippen LogP contribution in [0.5, 0.6) is 17.2 Å². The van der Waals surface area contributed by atoms with Crippen LogP contribution in [0.15, 0.2) is 18.2 Å². The van der Waals surface area contributed by atoms with Gasteiger partial charge in [-0.2, -0.15) is 0 Å². The molecule has 0 saturated carbocycles. The summed E-state index contributed by atoms with van der Waals surface area (Å²) < 4.78 is 16.0. The Bertz CT molecular complexity index is 465. The Labute approximate surface area is 131 Å². The van der Waals surface area contributed by atoms with Crippen LogP contribution in [-0.4, -0.2) is 46.4 Å². The lowest BCUT2D eigenvalue weighted by molar-refractivity contribution is -0.125. The maximum Gasteiger partial charge on any atom is 0.224 e. The summed E-state index contributed by atoms with van der Waals surface area (Å²) >= 11 is 0. The van der Waals surface area contributed by atoms with Crippen LogP contribution in [0.2, 0.25) is 0 Å². The van der Waals surface area contributed by atoms with E-state index >= 15 is 0 Å². The van der Waals surface area contributed by atoms with E-state index in [9.17, 15) is 4.79 Å². The van der Waals surface area contributed by atoms with Gasteiger partial charge in [0.1, 0.15) is 23.9 Å². The fourth-order valence-electron chi connectivity index (χ4n) is 2.43. The van der Waals surface area contributed by atoms with Crippen molar-refractivity contribution < 1.29 is 19.0 Å². The molecular weight excluding hydrogens is 284 g/mol. The van der Waals surface area contributed by atoms with Gasteiger partial charge in [0.2, 0.25) is 5.91 Å². The number of methoxy groups -OCH3 is 2. The molecule has 6 heteroatoms. The van der Waals surface area contributed by atoms with E-state index in [1.807, 2.05) is 0 Å². The Kier molecular flexibility index (Phi) is 6.33. The minimum absolute atomic E-state index is 0.0747. The first kappa shape index (κ1) is 16.4. The number of nitrogens with one attached hydrogen (secondary N) is 2. The molecule has 122 valence electrons. The highest BCUT2D eigenvalue weighted by atomic mass is 16.5. The Morgan fingerprint density at radius 3 is 2.50 bits per heavy atom. The average Bonchev–Trinajstić information content (AvgIpc) is 2.58. The average molecular weight is 308 g/mol. The second-order valence-corrected chi connectivity index (χ2v) is 5.23. The topological polar surface area (TPSA) is 68.8 Å². The van der Waals surface area contributed by atoms with Crippen LogP contribution in [0.3, 0.4) is 0 Å². The molecule has 1 aromatic rings. The Morgan fingerprint density at radius 1 is 1.23 bits per heavy atom. The third-order valence-electron chi connectivity index (χ3n) is 3.66. The van der Waals surface area contributed by atoms with Crippen molar-refractivity contribution in [1.29, 1.82) is 0 Å². The summed E-state index contributed by atoms with van der Waals surface area (Å²) in [5.41, 5.74) is 0. The molecule has 1 fully saturated rings. The van der Waals surface area contributed by atoms with E-state index in [-0.39, 0.29) is 11.8 Å². The van der Waals surface area contributed by atoms with Gasteiger partial charge in [0.15, 0.2) is 0 Å². The van der Waals surface area contributed by atoms with Crippen molar-refractivity contribution in [2.24, 2.45) is 5.92 Å². The molecule has 1 aromatic carbocycles. The summed E-state index contributed by atoms with van der Waals surface area (Å²) in [7, 11) is 3.19. The van der Waals surface area contributed by atoms with Crippen molar-refractivity contribution in [2.75, 3.05) is 40.5 Å². The molecule has 1 saturated heterocycles. The van der Waals surface area contributed by atoms with Crippen LogP contribution < -0.4 is 24.8 Å². The van der Waals surface area contributed by atoms with Gasteiger partial charge < -0.3 is 24.8 Å². The number of hydrogen-bond acceptors (Lipinski definition) is 5. The molecule has 1 unspecified atom stereocenters. The van der Waals surface area contributed by atoms with E-state index in [1.165, 1.54) is 0 Å². The second-order valence-electron chi connectivity index (χ2n) is 5.23. The largest absolute Gasteiger partial charge is 0.496 e. The highest BCUT2D eigenvalue weighted by Gasteiger charge is 2.20. The monoisotopic (exact) mass is 308 g/mol. The standard InChI is InChI=1S/C16H24N2O4/c1-20-13-8-14(21-2)10-15(9-13)22-7-6-18-16(19)12-4-3-5-17-11-12/h8-10,12,17H,3-7,11H2,1-2H3,(H,18,19). The molecule has 0 bridgehead atoms. The predicted molar refractivity (Wildman–Crippen MR) is 83.6 cm³/mol. The number of hydrogen-bond donors (Lipinski definition) is 2. The molecule has 0 radical (unpaired) electrons. The van der Waals surface area contributed by atoms with Crippen LogP contribution in [0.4, 0.5) is 0 Å². The Balaban J connectivity index is 1.75.